The molecule has 1 unspecified atom stereocenters. The van der Waals surface area contributed by atoms with Crippen LogP contribution in [0, 0.1) is 0 Å². The van der Waals surface area contributed by atoms with Gasteiger partial charge in [0.15, 0.2) is 0 Å². The summed E-state index contributed by atoms with van der Waals surface area (Å²) in [7, 11) is 0. The molecular weight excluding hydrogens is 246 g/mol. The van der Waals surface area contributed by atoms with Gasteiger partial charge in [-0.2, -0.15) is 4.21 Å². The highest BCUT2D eigenvalue weighted by Crippen LogP contribution is 2.19. The molecule has 1 atom stereocenters. The van der Waals surface area contributed by atoms with E-state index in [1.54, 1.807) is 29.2 Å². The Bertz CT molecular complexity index is 350. The van der Waals surface area contributed by atoms with E-state index >= 15 is 0 Å². The average Bonchev–Trinajstić information content (AvgIpc) is 2.29. The monoisotopic (exact) mass is 261 g/mol. The zero-order valence-electron chi connectivity index (χ0n) is 9.15. The number of nitrogens with zero attached hydrogens (tertiary/aromatic N) is 1. The Morgan fingerprint density at radius 1 is 1.12 bits per heavy atom. The van der Waals surface area contributed by atoms with Gasteiger partial charge in [0.25, 0.3) is 0 Å². The maximum Gasteiger partial charge on any atom is 0.357 e. The van der Waals surface area contributed by atoms with E-state index in [4.69, 9.17) is 14.8 Å². The van der Waals surface area contributed by atoms with Crippen LogP contribution in [0.1, 0.15) is 0 Å². The first-order chi connectivity index (χ1) is 8.17. The second-order valence-corrected chi connectivity index (χ2v) is 3.83. The molecule has 0 bridgehead atoms. The third-order valence-corrected chi connectivity index (χ3v) is 2.44. The molecule has 0 aliphatic heterocycles. The summed E-state index contributed by atoms with van der Waals surface area (Å²) >= 11 is -2.33. The van der Waals surface area contributed by atoms with Gasteiger partial charge in [-0.15, -0.1) is 0 Å². The van der Waals surface area contributed by atoms with Gasteiger partial charge in [-0.3, -0.25) is 4.55 Å². The first-order valence-corrected chi connectivity index (χ1v) is 6.06. The molecule has 96 valence electrons. The van der Waals surface area contributed by atoms with E-state index in [-0.39, 0.29) is 19.0 Å². The van der Waals surface area contributed by atoms with Crippen LogP contribution in [0.15, 0.2) is 24.3 Å². The van der Waals surface area contributed by atoms with Crippen LogP contribution in [-0.2, 0) is 11.4 Å². The molecule has 1 aromatic rings. The van der Waals surface area contributed by atoms with E-state index in [0.717, 1.165) is 5.69 Å². The lowest BCUT2D eigenvalue weighted by Crippen LogP contribution is -2.29. The van der Waals surface area contributed by atoms with Gasteiger partial charge >= 0.3 is 11.4 Å². The van der Waals surface area contributed by atoms with Crippen LogP contribution in [0.5, 0.6) is 5.75 Å². The Hall–Kier alpha value is -1.15. The molecule has 3 N–H and O–H groups in total. The molecule has 0 saturated heterocycles. The van der Waals surface area contributed by atoms with Gasteiger partial charge in [-0.1, -0.05) is 0 Å². The molecule has 6 nitrogen and oxygen atoms in total. The molecule has 0 radical (unpaired) electrons. The fourth-order valence-corrected chi connectivity index (χ4v) is 1.68. The van der Waals surface area contributed by atoms with E-state index in [1.807, 2.05) is 0 Å². The molecule has 1 aromatic carbocycles. The molecule has 7 heteroatoms. The maximum atomic E-state index is 10.4. The van der Waals surface area contributed by atoms with Crippen LogP contribution < -0.4 is 9.08 Å². The van der Waals surface area contributed by atoms with Crippen molar-refractivity contribution in [3.05, 3.63) is 24.3 Å². The molecular formula is C10H15NO5S. The summed E-state index contributed by atoms with van der Waals surface area (Å²) in [5.41, 5.74) is 0.796. The van der Waals surface area contributed by atoms with Gasteiger partial charge < -0.3 is 19.3 Å². The lowest BCUT2D eigenvalue weighted by atomic mass is 10.2. The Morgan fingerprint density at radius 3 is 2.06 bits per heavy atom. The summed E-state index contributed by atoms with van der Waals surface area (Å²) in [4.78, 5) is 1.79. The maximum absolute atomic E-state index is 10.4. The average molecular weight is 261 g/mol. The normalized spacial score (nSPS) is 12.2. The molecule has 1 rings (SSSR count). The van der Waals surface area contributed by atoms with Crippen LogP contribution in [0.4, 0.5) is 5.69 Å². The zero-order valence-corrected chi connectivity index (χ0v) is 9.97. The van der Waals surface area contributed by atoms with Gasteiger partial charge in [0, 0.05) is 18.8 Å². The molecule has 0 aliphatic carbocycles. The Balaban J connectivity index is 2.72. The number of anilines is 1. The molecule has 0 aromatic heterocycles. The van der Waals surface area contributed by atoms with E-state index < -0.39 is 11.4 Å². The number of benzene rings is 1. The zero-order chi connectivity index (χ0) is 12.7. The Morgan fingerprint density at radius 2 is 1.65 bits per heavy atom. The standard InChI is InChI=1S/C10H15NO5S/c12-7-5-11(6-8-13)9-1-3-10(4-2-9)16-17(14)15/h1-4,12-13H,5-8H2,(H,14,15). The minimum absolute atomic E-state index is 0.0150. The predicted molar refractivity (Wildman–Crippen MR) is 64.2 cm³/mol. The molecule has 0 aliphatic rings. The lowest BCUT2D eigenvalue weighted by Gasteiger charge is -2.22. The largest absolute Gasteiger partial charge is 0.395 e. The quantitative estimate of drug-likeness (QED) is 0.598. The highest BCUT2D eigenvalue weighted by molar-refractivity contribution is 7.74. The highest BCUT2D eigenvalue weighted by Gasteiger charge is 2.06. The first-order valence-electron chi connectivity index (χ1n) is 5.03. The topological polar surface area (TPSA) is 90.2 Å². The summed E-state index contributed by atoms with van der Waals surface area (Å²) in [5, 5.41) is 17.8. The van der Waals surface area contributed by atoms with Crippen molar-refractivity contribution in [2.24, 2.45) is 0 Å². The molecule has 0 spiro atoms. The fourth-order valence-electron chi connectivity index (χ4n) is 1.41. The van der Waals surface area contributed by atoms with E-state index in [9.17, 15) is 4.21 Å². The molecule has 0 saturated carbocycles. The van der Waals surface area contributed by atoms with Crippen LogP contribution in [-0.4, -0.2) is 45.3 Å². The van der Waals surface area contributed by atoms with Crippen molar-refractivity contribution in [1.82, 2.24) is 0 Å². The van der Waals surface area contributed by atoms with Crippen molar-refractivity contribution in [2.45, 2.75) is 0 Å². The van der Waals surface area contributed by atoms with Crippen molar-refractivity contribution in [2.75, 3.05) is 31.2 Å². The van der Waals surface area contributed by atoms with Gasteiger partial charge in [0.2, 0.25) is 0 Å². The van der Waals surface area contributed by atoms with E-state index in [2.05, 4.69) is 4.18 Å². The Labute approximate surface area is 102 Å². The van der Waals surface area contributed by atoms with Crippen molar-refractivity contribution >= 4 is 17.0 Å². The third kappa shape index (κ3) is 4.70. The smallest absolute Gasteiger partial charge is 0.357 e. The summed E-state index contributed by atoms with van der Waals surface area (Å²) in [6.45, 7) is 0.789. The SMILES string of the molecule is O=S(O)Oc1ccc(N(CCO)CCO)cc1. The minimum atomic E-state index is -2.33. The molecule has 0 amide bonds. The minimum Gasteiger partial charge on any atom is -0.395 e. The van der Waals surface area contributed by atoms with E-state index in [0.29, 0.717) is 13.1 Å². The summed E-state index contributed by atoms with van der Waals surface area (Å²) in [6, 6.07) is 6.47. The van der Waals surface area contributed by atoms with Gasteiger partial charge in [-0.05, 0) is 24.3 Å². The summed E-state index contributed by atoms with van der Waals surface area (Å²) in [5.74, 6) is 0.280. The third-order valence-electron chi connectivity index (χ3n) is 2.11. The number of aliphatic hydroxyl groups is 2. The number of hydrogen-bond acceptors (Lipinski definition) is 5. The number of hydrogen-bond donors (Lipinski definition) is 3. The van der Waals surface area contributed by atoms with Crippen LogP contribution >= 0.6 is 0 Å². The van der Waals surface area contributed by atoms with Crippen LogP contribution in [0.25, 0.3) is 0 Å². The summed E-state index contributed by atoms with van der Waals surface area (Å²) < 4.78 is 23.5. The van der Waals surface area contributed by atoms with Crippen LogP contribution in [0.2, 0.25) is 0 Å². The predicted octanol–water partition coefficient (Wildman–Crippen LogP) is -0.00690. The molecule has 17 heavy (non-hydrogen) atoms. The second kappa shape index (κ2) is 7.23. The van der Waals surface area contributed by atoms with Crippen molar-refractivity contribution in [3.8, 4) is 5.75 Å². The van der Waals surface area contributed by atoms with Gasteiger partial charge in [0.05, 0.1) is 13.2 Å². The second-order valence-electron chi connectivity index (χ2n) is 3.23. The van der Waals surface area contributed by atoms with Crippen molar-refractivity contribution in [1.29, 1.82) is 0 Å². The van der Waals surface area contributed by atoms with E-state index in [1.165, 1.54) is 0 Å². The van der Waals surface area contributed by atoms with Gasteiger partial charge in [-0.25, -0.2) is 0 Å². The number of aliphatic hydroxyl groups excluding tert-OH is 2. The molecule has 0 heterocycles. The van der Waals surface area contributed by atoms with Crippen LogP contribution in [0.3, 0.4) is 0 Å². The van der Waals surface area contributed by atoms with Gasteiger partial charge in [0.1, 0.15) is 5.75 Å². The molecule has 0 fully saturated rings. The van der Waals surface area contributed by atoms with Crippen molar-refractivity contribution in [3.63, 3.8) is 0 Å². The van der Waals surface area contributed by atoms with Crippen molar-refractivity contribution < 1.29 is 23.2 Å². The Kier molecular flexibility index (Phi) is 5.92. The summed E-state index contributed by atoms with van der Waals surface area (Å²) in [6.07, 6.45) is 0. The first kappa shape index (κ1) is 13.9. The highest BCUT2D eigenvalue weighted by atomic mass is 32.2. The fraction of sp³-hybridized carbons (Fsp3) is 0.400. The lowest BCUT2D eigenvalue weighted by molar-refractivity contribution is 0.281. The number of rotatable bonds is 7.